The Labute approximate surface area is 120 Å². The Morgan fingerprint density at radius 3 is 2.71 bits per heavy atom. The van der Waals surface area contributed by atoms with Crippen molar-refractivity contribution < 1.29 is 4.92 Å². The summed E-state index contributed by atoms with van der Waals surface area (Å²) < 4.78 is 0. The van der Waals surface area contributed by atoms with Crippen LogP contribution in [0.15, 0.2) is 54.6 Å². The number of benzene rings is 2. The van der Waals surface area contributed by atoms with Crippen molar-refractivity contribution in [2.45, 2.75) is 0 Å². The van der Waals surface area contributed by atoms with Crippen LogP contribution in [0.2, 0.25) is 0 Å². The normalized spacial score (nSPS) is 10.5. The number of pyridine rings is 1. The largest absolute Gasteiger partial charge is 0.399 e. The molecule has 21 heavy (non-hydrogen) atoms. The third kappa shape index (κ3) is 2.74. The van der Waals surface area contributed by atoms with Gasteiger partial charge in [0.1, 0.15) is 5.82 Å². The molecular formula is C15H12N4O2. The van der Waals surface area contributed by atoms with E-state index in [0.717, 1.165) is 11.1 Å². The van der Waals surface area contributed by atoms with E-state index < -0.39 is 4.92 Å². The lowest BCUT2D eigenvalue weighted by atomic mass is 10.2. The second kappa shape index (κ2) is 5.09. The topological polar surface area (TPSA) is 94.1 Å². The maximum atomic E-state index is 10.7. The molecule has 0 spiro atoms. The molecule has 3 rings (SSSR count). The Morgan fingerprint density at radius 1 is 1.10 bits per heavy atom. The first kappa shape index (κ1) is 12.9. The fourth-order valence-electron chi connectivity index (χ4n) is 2.06. The fraction of sp³-hybridized carbons (Fsp3) is 0. The summed E-state index contributed by atoms with van der Waals surface area (Å²) in [6, 6.07) is 15.5. The van der Waals surface area contributed by atoms with Gasteiger partial charge in [-0.15, -0.1) is 0 Å². The molecule has 0 atom stereocenters. The molecule has 0 saturated heterocycles. The number of nitro groups is 1. The lowest BCUT2D eigenvalue weighted by molar-refractivity contribution is -0.384. The Morgan fingerprint density at radius 2 is 1.95 bits per heavy atom. The highest BCUT2D eigenvalue weighted by atomic mass is 16.6. The van der Waals surface area contributed by atoms with Crippen molar-refractivity contribution in [1.82, 2.24) is 4.98 Å². The van der Waals surface area contributed by atoms with Gasteiger partial charge in [0.15, 0.2) is 0 Å². The van der Waals surface area contributed by atoms with Crippen LogP contribution in [0.3, 0.4) is 0 Å². The van der Waals surface area contributed by atoms with Crippen LogP contribution < -0.4 is 11.1 Å². The van der Waals surface area contributed by atoms with Gasteiger partial charge in [-0.25, -0.2) is 4.98 Å². The van der Waals surface area contributed by atoms with E-state index in [1.54, 1.807) is 24.3 Å². The van der Waals surface area contributed by atoms with Crippen LogP contribution >= 0.6 is 0 Å². The smallest absolute Gasteiger partial charge is 0.270 e. The molecule has 104 valence electrons. The zero-order chi connectivity index (χ0) is 14.8. The molecule has 0 saturated carbocycles. The summed E-state index contributed by atoms with van der Waals surface area (Å²) in [6.07, 6.45) is 0. The van der Waals surface area contributed by atoms with Crippen molar-refractivity contribution in [3.05, 3.63) is 64.7 Å². The molecule has 0 amide bonds. The lowest BCUT2D eigenvalue weighted by Gasteiger charge is -2.07. The summed E-state index contributed by atoms with van der Waals surface area (Å²) in [5.41, 5.74) is 7.97. The quantitative estimate of drug-likeness (QED) is 0.435. The van der Waals surface area contributed by atoms with E-state index in [1.165, 1.54) is 12.1 Å². The number of hydrogen-bond acceptors (Lipinski definition) is 5. The summed E-state index contributed by atoms with van der Waals surface area (Å²) in [6.45, 7) is 0. The molecule has 1 aromatic heterocycles. The standard InChI is InChI=1S/C15H12N4O2/c16-11-2-1-3-12(9-11)17-15-7-4-10-8-13(19(20)21)5-6-14(10)18-15/h1-9H,16H2,(H,17,18). The molecule has 3 aromatic rings. The number of nitro benzene ring substituents is 1. The Bertz CT molecular complexity index is 833. The van der Waals surface area contributed by atoms with E-state index in [9.17, 15) is 10.1 Å². The highest BCUT2D eigenvalue weighted by Gasteiger charge is 2.07. The van der Waals surface area contributed by atoms with Gasteiger partial charge in [0.25, 0.3) is 5.69 Å². The van der Waals surface area contributed by atoms with Crippen molar-refractivity contribution in [2.75, 3.05) is 11.1 Å². The first-order valence-corrected chi connectivity index (χ1v) is 6.29. The molecule has 6 heteroatoms. The van der Waals surface area contributed by atoms with Crippen molar-refractivity contribution in [3.63, 3.8) is 0 Å². The molecule has 0 aliphatic heterocycles. The molecule has 1 heterocycles. The number of fused-ring (bicyclic) bond motifs is 1. The first-order chi connectivity index (χ1) is 10.1. The monoisotopic (exact) mass is 280 g/mol. The minimum absolute atomic E-state index is 0.0563. The van der Waals surface area contributed by atoms with Crippen LogP contribution in [0, 0.1) is 10.1 Å². The molecule has 2 aromatic carbocycles. The summed E-state index contributed by atoms with van der Waals surface area (Å²) >= 11 is 0. The van der Waals surface area contributed by atoms with E-state index in [4.69, 9.17) is 5.73 Å². The van der Waals surface area contributed by atoms with Crippen LogP contribution in [0.1, 0.15) is 0 Å². The number of rotatable bonds is 3. The second-order valence-corrected chi connectivity index (χ2v) is 4.58. The zero-order valence-electron chi connectivity index (χ0n) is 11.0. The average Bonchev–Trinajstić information content (AvgIpc) is 2.46. The molecule has 0 radical (unpaired) electrons. The average molecular weight is 280 g/mol. The molecule has 0 fully saturated rings. The summed E-state index contributed by atoms with van der Waals surface area (Å²) in [5.74, 6) is 0.655. The van der Waals surface area contributed by atoms with Crippen LogP contribution in [-0.2, 0) is 0 Å². The van der Waals surface area contributed by atoms with Crippen molar-refractivity contribution in [1.29, 1.82) is 0 Å². The second-order valence-electron chi connectivity index (χ2n) is 4.58. The van der Waals surface area contributed by atoms with Crippen LogP contribution in [0.4, 0.5) is 22.9 Å². The predicted molar refractivity (Wildman–Crippen MR) is 82.5 cm³/mol. The number of non-ortho nitro benzene ring substituents is 1. The van der Waals surface area contributed by atoms with Crippen LogP contribution in [0.5, 0.6) is 0 Å². The van der Waals surface area contributed by atoms with E-state index in [1.807, 2.05) is 18.2 Å². The molecular weight excluding hydrogens is 268 g/mol. The van der Waals surface area contributed by atoms with Gasteiger partial charge in [-0.3, -0.25) is 10.1 Å². The highest BCUT2D eigenvalue weighted by molar-refractivity contribution is 5.83. The lowest BCUT2D eigenvalue weighted by Crippen LogP contribution is -1.95. The molecule has 0 aliphatic rings. The number of anilines is 3. The SMILES string of the molecule is Nc1cccc(Nc2ccc3cc([N+](=O)[O-])ccc3n2)c1. The van der Waals surface area contributed by atoms with Gasteiger partial charge in [-0.1, -0.05) is 6.07 Å². The van der Waals surface area contributed by atoms with Gasteiger partial charge in [-0.2, -0.15) is 0 Å². The van der Waals surface area contributed by atoms with Crippen LogP contribution in [-0.4, -0.2) is 9.91 Å². The van der Waals surface area contributed by atoms with Gasteiger partial charge >= 0.3 is 0 Å². The van der Waals surface area contributed by atoms with E-state index in [-0.39, 0.29) is 5.69 Å². The van der Waals surface area contributed by atoms with Gasteiger partial charge < -0.3 is 11.1 Å². The number of nitrogens with zero attached hydrogens (tertiary/aromatic N) is 2. The van der Waals surface area contributed by atoms with Gasteiger partial charge in [0.05, 0.1) is 10.4 Å². The maximum Gasteiger partial charge on any atom is 0.270 e. The number of nitrogens with two attached hydrogens (primary N) is 1. The van der Waals surface area contributed by atoms with Crippen LogP contribution in [0.25, 0.3) is 10.9 Å². The minimum atomic E-state index is -0.418. The van der Waals surface area contributed by atoms with Gasteiger partial charge in [0, 0.05) is 28.9 Å². The summed E-state index contributed by atoms with van der Waals surface area (Å²) in [4.78, 5) is 14.8. The van der Waals surface area contributed by atoms with Crippen molar-refractivity contribution >= 4 is 33.8 Å². The van der Waals surface area contributed by atoms with Gasteiger partial charge in [0.2, 0.25) is 0 Å². The number of hydrogen-bond donors (Lipinski definition) is 2. The van der Waals surface area contributed by atoms with E-state index in [0.29, 0.717) is 17.0 Å². The molecule has 6 nitrogen and oxygen atoms in total. The molecule has 3 N–H and O–H groups in total. The third-order valence-corrected chi connectivity index (χ3v) is 3.04. The van der Waals surface area contributed by atoms with Gasteiger partial charge in [-0.05, 0) is 36.4 Å². The van der Waals surface area contributed by atoms with E-state index in [2.05, 4.69) is 10.3 Å². The number of nitrogens with one attached hydrogen (secondary N) is 1. The molecule has 0 unspecified atom stereocenters. The first-order valence-electron chi connectivity index (χ1n) is 6.29. The molecule has 0 bridgehead atoms. The fourth-order valence-corrected chi connectivity index (χ4v) is 2.06. The van der Waals surface area contributed by atoms with Crippen molar-refractivity contribution in [3.8, 4) is 0 Å². The number of nitrogen functional groups attached to an aromatic ring is 1. The minimum Gasteiger partial charge on any atom is -0.399 e. The highest BCUT2D eigenvalue weighted by Crippen LogP contribution is 2.23. The van der Waals surface area contributed by atoms with Crippen molar-refractivity contribution in [2.24, 2.45) is 0 Å². The Balaban J connectivity index is 1.94. The maximum absolute atomic E-state index is 10.7. The Kier molecular flexibility index (Phi) is 3.12. The number of aromatic nitrogens is 1. The zero-order valence-corrected chi connectivity index (χ0v) is 11.0. The molecule has 0 aliphatic carbocycles. The summed E-state index contributed by atoms with van der Waals surface area (Å²) in [7, 11) is 0. The third-order valence-electron chi connectivity index (χ3n) is 3.04. The van der Waals surface area contributed by atoms with E-state index >= 15 is 0 Å². The summed E-state index contributed by atoms with van der Waals surface area (Å²) in [5, 5.41) is 14.6. The Hall–Kier alpha value is -3.15. The predicted octanol–water partition coefficient (Wildman–Crippen LogP) is 3.47.